The molecule has 184 valence electrons. The van der Waals surface area contributed by atoms with Gasteiger partial charge < -0.3 is 14.4 Å². The smallest absolute Gasteiger partial charge is 0.308 e. The average Bonchev–Trinajstić information content (AvgIpc) is 2.79. The summed E-state index contributed by atoms with van der Waals surface area (Å²) in [5, 5.41) is 0. The first kappa shape index (κ1) is 25.8. The molecule has 0 fully saturated rings. The fraction of sp³-hybridized carbons (Fsp3) is 0.517. The molecule has 1 heterocycles. The van der Waals surface area contributed by atoms with E-state index < -0.39 is 5.60 Å². The highest BCUT2D eigenvalue weighted by atomic mass is 16.6. The number of amides is 1. The molecule has 0 spiro atoms. The molecule has 0 saturated carbocycles. The normalized spacial score (nSPS) is 14.5. The summed E-state index contributed by atoms with van der Waals surface area (Å²) in [6.07, 6.45) is 6.25. The number of rotatable bonds is 11. The zero-order valence-electron chi connectivity index (χ0n) is 21.1. The highest BCUT2D eigenvalue weighted by molar-refractivity contribution is 5.97. The third-order valence-electron chi connectivity index (χ3n) is 6.09. The van der Waals surface area contributed by atoms with Gasteiger partial charge in [-0.3, -0.25) is 9.59 Å². The minimum Gasteiger partial charge on any atom is -0.489 e. The number of esters is 1. The molecule has 34 heavy (non-hydrogen) atoms. The van der Waals surface area contributed by atoms with Gasteiger partial charge in [0, 0.05) is 18.2 Å². The monoisotopic (exact) mass is 465 g/mol. The van der Waals surface area contributed by atoms with E-state index in [9.17, 15) is 9.59 Å². The van der Waals surface area contributed by atoms with Gasteiger partial charge in [0.1, 0.15) is 18.0 Å². The van der Waals surface area contributed by atoms with Crippen LogP contribution in [0.5, 0.6) is 5.75 Å². The minimum atomic E-state index is -0.529. The maximum Gasteiger partial charge on any atom is 0.308 e. The van der Waals surface area contributed by atoms with E-state index in [1.807, 2.05) is 74.2 Å². The summed E-state index contributed by atoms with van der Waals surface area (Å²) < 4.78 is 11.5. The van der Waals surface area contributed by atoms with Crippen LogP contribution in [0.4, 0.5) is 0 Å². The van der Waals surface area contributed by atoms with E-state index in [4.69, 9.17) is 9.47 Å². The molecule has 1 amide bonds. The topological polar surface area (TPSA) is 55.8 Å². The fourth-order valence-corrected chi connectivity index (χ4v) is 4.41. The molecular formula is C29H39NO4. The van der Waals surface area contributed by atoms with Gasteiger partial charge in [-0.2, -0.15) is 0 Å². The van der Waals surface area contributed by atoms with E-state index in [1.54, 1.807) is 0 Å². The van der Waals surface area contributed by atoms with Crippen molar-refractivity contribution in [2.24, 2.45) is 0 Å². The number of hydrogen-bond acceptors (Lipinski definition) is 4. The van der Waals surface area contributed by atoms with Gasteiger partial charge in [0.2, 0.25) is 0 Å². The van der Waals surface area contributed by atoms with Crippen LogP contribution in [0.2, 0.25) is 0 Å². The molecule has 0 saturated heterocycles. The fourth-order valence-electron chi connectivity index (χ4n) is 4.41. The molecule has 0 aromatic heterocycles. The number of carbonyl (C=O) groups excluding carboxylic acids is 2. The molecule has 5 heteroatoms. The standard InChI is InChI=1S/C29H39NO4/c1-5-6-7-11-14-24(20-27(31)34-29(2,3)4)30-18-17-23-19-25(15-16-26(23)28(30)32)33-21-22-12-9-8-10-13-22/h8-10,12-13,15-16,19,24H,5-7,11,14,17-18,20-21H2,1-4H3. The van der Waals surface area contributed by atoms with Crippen molar-refractivity contribution in [1.82, 2.24) is 4.90 Å². The van der Waals surface area contributed by atoms with Crippen molar-refractivity contribution in [2.45, 2.75) is 90.9 Å². The van der Waals surface area contributed by atoms with Gasteiger partial charge in [-0.25, -0.2) is 0 Å². The van der Waals surface area contributed by atoms with Crippen LogP contribution in [0.3, 0.4) is 0 Å². The summed E-state index contributed by atoms with van der Waals surface area (Å²) in [4.78, 5) is 27.9. The molecule has 1 aliphatic heterocycles. The lowest BCUT2D eigenvalue weighted by atomic mass is 9.94. The number of fused-ring (bicyclic) bond motifs is 1. The summed E-state index contributed by atoms with van der Waals surface area (Å²) in [7, 11) is 0. The minimum absolute atomic E-state index is 0.0000837. The van der Waals surface area contributed by atoms with Crippen LogP contribution in [0.15, 0.2) is 48.5 Å². The summed E-state index contributed by atoms with van der Waals surface area (Å²) in [5.41, 5.74) is 2.30. The molecule has 1 aliphatic rings. The van der Waals surface area contributed by atoms with E-state index in [-0.39, 0.29) is 24.3 Å². The summed E-state index contributed by atoms with van der Waals surface area (Å²) in [6, 6.07) is 15.6. The van der Waals surface area contributed by atoms with Gasteiger partial charge in [0.05, 0.1) is 6.42 Å². The Labute approximate surface area is 204 Å². The first-order chi connectivity index (χ1) is 16.3. The molecule has 1 unspecified atom stereocenters. The zero-order valence-corrected chi connectivity index (χ0v) is 21.1. The summed E-state index contributed by atoms with van der Waals surface area (Å²) >= 11 is 0. The van der Waals surface area contributed by atoms with Crippen LogP contribution in [-0.4, -0.2) is 35.0 Å². The first-order valence-corrected chi connectivity index (χ1v) is 12.6. The molecule has 0 N–H and O–H groups in total. The van der Waals surface area contributed by atoms with Gasteiger partial charge in [0.25, 0.3) is 5.91 Å². The van der Waals surface area contributed by atoms with Crippen molar-refractivity contribution in [1.29, 1.82) is 0 Å². The summed E-state index contributed by atoms with van der Waals surface area (Å²) in [5.74, 6) is 0.532. The van der Waals surface area contributed by atoms with Crippen LogP contribution < -0.4 is 4.74 Å². The lowest BCUT2D eigenvalue weighted by Gasteiger charge is -2.36. The Balaban J connectivity index is 1.69. The molecule has 3 rings (SSSR count). The van der Waals surface area contributed by atoms with Crippen molar-refractivity contribution in [3.8, 4) is 5.75 Å². The highest BCUT2D eigenvalue weighted by Gasteiger charge is 2.32. The number of benzene rings is 2. The van der Waals surface area contributed by atoms with Crippen LogP contribution in [0.25, 0.3) is 0 Å². The predicted octanol–water partition coefficient (Wildman–Crippen LogP) is 6.33. The van der Waals surface area contributed by atoms with Crippen molar-refractivity contribution in [3.63, 3.8) is 0 Å². The van der Waals surface area contributed by atoms with E-state index in [2.05, 4.69) is 6.92 Å². The third kappa shape index (κ3) is 7.61. The van der Waals surface area contributed by atoms with Crippen LogP contribution in [-0.2, 0) is 22.6 Å². The average molecular weight is 466 g/mol. The SMILES string of the molecule is CCCCCCC(CC(=O)OC(C)(C)C)N1CCc2cc(OCc3ccccc3)ccc2C1=O. The second kappa shape index (κ2) is 12.0. The van der Waals surface area contributed by atoms with E-state index in [1.165, 1.54) is 6.42 Å². The van der Waals surface area contributed by atoms with E-state index in [0.29, 0.717) is 18.7 Å². The second-order valence-corrected chi connectivity index (χ2v) is 10.1. The number of unbranched alkanes of at least 4 members (excludes halogenated alkanes) is 3. The van der Waals surface area contributed by atoms with Gasteiger partial charge >= 0.3 is 5.97 Å². The number of carbonyl (C=O) groups is 2. The second-order valence-electron chi connectivity index (χ2n) is 10.1. The Bertz CT molecular complexity index is 948. The Morgan fingerprint density at radius 3 is 2.53 bits per heavy atom. The number of ether oxygens (including phenoxy) is 2. The quantitative estimate of drug-likeness (QED) is 0.287. The lowest BCUT2D eigenvalue weighted by molar-refractivity contribution is -0.156. The molecule has 2 aromatic rings. The van der Waals surface area contributed by atoms with Crippen molar-refractivity contribution >= 4 is 11.9 Å². The van der Waals surface area contributed by atoms with E-state index >= 15 is 0 Å². The van der Waals surface area contributed by atoms with Crippen LogP contribution >= 0.6 is 0 Å². The van der Waals surface area contributed by atoms with Gasteiger partial charge in [-0.1, -0.05) is 62.9 Å². The Morgan fingerprint density at radius 2 is 1.82 bits per heavy atom. The highest BCUT2D eigenvalue weighted by Crippen LogP contribution is 2.28. The molecule has 1 atom stereocenters. The van der Waals surface area contributed by atoms with Crippen molar-refractivity contribution in [2.75, 3.05) is 6.54 Å². The Morgan fingerprint density at radius 1 is 1.06 bits per heavy atom. The van der Waals surface area contributed by atoms with Gasteiger partial charge in [0.15, 0.2) is 0 Å². The number of nitrogens with zero attached hydrogens (tertiary/aromatic N) is 1. The maximum atomic E-state index is 13.4. The lowest BCUT2D eigenvalue weighted by Crippen LogP contribution is -2.46. The Kier molecular flexibility index (Phi) is 9.14. The van der Waals surface area contributed by atoms with E-state index in [0.717, 1.165) is 49.0 Å². The molecule has 5 nitrogen and oxygen atoms in total. The largest absolute Gasteiger partial charge is 0.489 e. The molecule has 0 bridgehead atoms. The predicted molar refractivity (Wildman–Crippen MR) is 135 cm³/mol. The number of hydrogen-bond donors (Lipinski definition) is 0. The molecule has 2 aromatic carbocycles. The van der Waals surface area contributed by atoms with Gasteiger partial charge in [-0.05, 0) is 62.9 Å². The third-order valence-corrected chi connectivity index (χ3v) is 6.09. The van der Waals surface area contributed by atoms with Gasteiger partial charge in [-0.15, -0.1) is 0 Å². The summed E-state index contributed by atoms with van der Waals surface area (Å²) in [6.45, 7) is 8.91. The zero-order chi connectivity index (χ0) is 24.6. The Hall–Kier alpha value is -2.82. The first-order valence-electron chi connectivity index (χ1n) is 12.6. The van der Waals surface area contributed by atoms with Crippen LogP contribution in [0, 0.1) is 0 Å². The molecule has 0 aliphatic carbocycles. The molecule has 0 radical (unpaired) electrons. The maximum absolute atomic E-state index is 13.4. The van der Waals surface area contributed by atoms with Crippen molar-refractivity contribution < 1.29 is 19.1 Å². The van der Waals surface area contributed by atoms with Crippen molar-refractivity contribution in [3.05, 3.63) is 65.2 Å². The molecular weight excluding hydrogens is 426 g/mol. The van der Waals surface area contributed by atoms with Crippen LogP contribution in [0.1, 0.15) is 87.7 Å².